The van der Waals surface area contributed by atoms with Crippen molar-refractivity contribution in [1.82, 2.24) is 29.4 Å². The van der Waals surface area contributed by atoms with E-state index in [1.807, 2.05) is 30.1 Å². The number of ether oxygens (including phenoxy) is 2. The molecule has 2 aliphatic rings. The number of nitrogen functional groups attached to an aromatic ring is 1. The average molecular weight is 548 g/mol. The molecule has 2 saturated heterocycles. The molecular weight excluding hydrogens is 510 g/mol. The first-order valence-corrected chi connectivity index (χ1v) is 13.9. The number of hydrogen-bond donors (Lipinski definition) is 1. The number of nitrogens with two attached hydrogens (primary N) is 1. The number of nitrogens with zero attached hydrogens (tertiary/aromatic N) is 8. The van der Waals surface area contributed by atoms with Crippen LogP contribution < -0.4 is 20.3 Å². The van der Waals surface area contributed by atoms with Crippen molar-refractivity contribution >= 4 is 23.2 Å². The third kappa shape index (κ3) is 6.14. The van der Waals surface area contributed by atoms with Crippen LogP contribution in [0.25, 0.3) is 17.1 Å². The maximum Gasteiger partial charge on any atom is 0.230 e. The molecule has 6 rings (SSSR count). The molecule has 0 radical (unpaired) electrons. The molecule has 0 atom stereocenters. The number of aromatic nitrogens is 4. The molecule has 0 aliphatic carbocycles. The van der Waals surface area contributed by atoms with Crippen LogP contribution in [-0.4, -0.2) is 115 Å². The molecule has 0 saturated carbocycles. The maximum absolute atomic E-state index is 6.20. The lowest BCUT2D eigenvalue weighted by Gasteiger charge is -2.36. The number of benzene rings is 1. The third-order valence-electron chi connectivity index (χ3n) is 7.56. The second-order valence-corrected chi connectivity index (χ2v) is 10.2. The summed E-state index contributed by atoms with van der Waals surface area (Å²) in [6.45, 7) is 11.0. The molecule has 212 valence electrons. The van der Waals surface area contributed by atoms with Gasteiger partial charge in [0.25, 0.3) is 0 Å². The minimum absolute atomic E-state index is 0.298. The van der Waals surface area contributed by atoms with Crippen molar-refractivity contribution in [3.8, 4) is 17.2 Å². The normalized spacial score (nSPS) is 17.0. The van der Waals surface area contributed by atoms with E-state index in [1.54, 1.807) is 10.8 Å². The summed E-state index contributed by atoms with van der Waals surface area (Å²) in [4.78, 5) is 18.5. The number of fused-ring (bicyclic) bond motifs is 1. The zero-order valence-electron chi connectivity index (χ0n) is 23.0. The van der Waals surface area contributed by atoms with Gasteiger partial charge in [-0.25, -0.2) is 0 Å². The molecule has 0 bridgehead atoms. The largest absolute Gasteiger partial charge is 0.492 e. The Bertz CT molecular complexity index is 1360. The van der Waals surface area contributed by atoms with Gasteiger partial charge in [-0.2, -0.15) is 19.6 Å². The maximum atomic E-state index is 6.20. The summed E-state index contributed by atoms with van der Waals surface area (Å²) in [5.74, 6) is 2.48. The fraction of sp³-hybridized carbons (Fsp3) is 0.464. The van der Waals surface area contributed by atoms with E-state index in [9.17, 15) is 0 Å². The average Bonchev–Trinajstić information content (AvgIpc) is 3.68. The predicted molar refractivity (Wildman–Crippen MR) is 154 cm³/mol. The van der Waals surface area contributed by atoms with Crippen LogP contribution in [0.5, 0.6) is 5.75 Å². The summed E-state index contributed by atoms with van der Waals surface area (Å²) in [5.41, 5.74) is 8.75. The Hall–Kier alpha value is -3.87. The van der Waals surface area contributed by atoms with Crippen molar-refractivity contribution in [1.29, 1.82) is 0 Å². The molecule has 0 unspecified atom stereocenters. The molecule has 12 heteroatoms. The quantitative estimate of drug-likeness (QED) is 0.314. The number of likely N-dealkylation sites (N-methyl/N-ethyl adjacent to an activating group) is 1. The minimum atomic E-state index is 0.298. The number of anilines is 3. The second kappa shape index (κ2) is 12.1. The number of piperazine rings is 1. The molecule has 0 amide bonds. The van der Waals surface area contributed by atoms with Gasteiger partial charge in [0.2, 0.25) is 11.9 Å². The van der Waals surface area contributed by atoms with Gasteiger partial charge in [-0.3, -0.25) is 9.80 Å². The molecule has 40 heavy (non-hydrogen) atoms. The summed E-state index contributed by atoms with van der Waals surface area (Å²) >= 11 is 0. The summed E-state index contributed by atoms with van der Waals surface area (Å²) in [6.07, 6.45) is 1.62. The van der Waals surface area contributed by atoms with Crippen LogP contribution in [0.15, 0.2) is 53.1 Å². The smallest absolute Gasteiger partial charge is 0.230 e. The van der Waals surface area contributed by atoms with Gasteiger partial charge in [0.05, 0.1) is 19.5 Å². The standard InChI is InChI=1S/C28H37N9O3/c1-33(28-30-26-21-24(25-3-2-17-40-25)32-37(26)27(29)31-28)8-9-34-10-12-36(13-11-34)22-4-6-23(7-5-22)39-20-16-35-14-18-38-19-15-35/h2-7,17,21H,8-16,18-20H2,1H3,(H2,29,30,31). The first-order valence-electron chi connectivity index (χ1n) is 13.9. The highest BCUT2D eigenvalue weighted by Crippen LogP contribution is 2.23. The Labute approximate surface area is 233 Å². The number of hydrogen-bond acceptors (Lipinski definition) is 11. The van der Waals surface area contributed by atoms with E-state index in [2.05, 4.69) is 54.0 Å². The van der Waals surface area contributed by atoms with E-state index < -0.39 is 0 Å². The highest BCUT2D eigenvalue weighted by molar-refractivity contribution is 5.61. The summed E-state index contributed by atoms with van der Waals surface area (Å²) in [7, 11) is 2.00. The highest BCUT2D eigenvalue weighted by atomic mass is 16.5. The molecular formula is C28H37N9O3. The van der Waals surface area contributed by atoms with Crippen LogP contribution in [0.1, 0.15) is 0 Å². The van der Waals surface area contributed by atoms with Crippen LogP contribution in [0.3, 0.4) is 0 Å². The first-order chi connectivity index (χ1) is 19.6. The number of furan rings is 1. The van der Waals surface area contributed by atoms with Gasteiger partial charge in [-0.05, 0) is 36.4 Å². The Morgan fingerprint density at radius 2 is 1.73 bits per heavy atom. The van der Waals surface area contributed by atoms with Crippen LogP contribution in [0.2, 0.25) is 0 Å². The van der Waals surface area contributed by atoms with Gasteiger partial charge >= 0.3 is 0 Å². The van der Waals surface area contributed by atoms with Crippen LogP contribution >= 0.6 is 0 Å². The van der Waals surface area contributed by atoms with Gasteiger partial charge in [0.15, 0.2) is 11.4 Å². The molecule has 2 aliphatic heterocycles. The summed E-state index contributed by atoms with van der Waals surface area (Å²) in [6, 6.07) is 14.0. The van der Waals surface area contributed by atoms with Crippen LogP contribution in [-0.2, 0) is 4.74 Å². The van der Waals surface area contributed by atoms with Gasteiger partial charge in [0.1, 0.15) is 18.1 Å². The third-order valence-corrected chi connectivity index (χ3v) is 7.56. The predicted octanol–water partition coefficient (Wildman–Crippen LogP) is 1.94. The number of rotatable bonds is 10. The van der Waals surface area contributed by atoms with Crippen molar-refractivity contribution in [2.75, 3.05) is 101 Å². The Morgan fingerprint density at radius 3 is 2.48 bits per heavy atom. The van der Waals surface area contributed by atoms with E-state index in [0.717, 1.165) is 77.9 Å². The van der Waals surface area contributed by atoms with E-state index in [-0.39, 0.29) is 0 Å². The highest BCUT2D eigenvalue weighted by Gasteiger charge is 2.19. The van der Waals surface area contributed by atoms with Crippen molar-refractivity contribution in [2.24, 2.45) is 0 Å². The Kier molecular flexibility index (Phi) is 7.98. The van der Waals surface area contributed by atoms with E-state index in [1.165, 1.54) is 5.69 Å². The monoisotopic (exact) mass is 547 g/mol. The molecule has 4 aromatic rings. The SMILES string of the molecule is CN(CCN1CCN(c2ccc(OCCN3CCOCC3)cc2)CC1)c1nc(N)n2nc(-c3ccco3)cc2n1. The first kappa shape index (κ1) is 26.4. The van der Waals surface area contributed by atoms with E-state index in [4.69, 9.17) is 19.6 Å². The number of morpholine rings is 1. The van der Waals surface area contributed by atoms with Crippen LogP contribution in [0, 0.1) is 0 Å². The molecule has 2 fully saturated rings. The molecule has 5 heterocycles. The zero-order valence-corrected chi connectivity index (χ0v) is 23.0. The van der Waals surface area contributed by atoms with Crippen molar-refractivity contribution in [3.05, 3.63) is 48.7 Å². The zero-order chi connectivity index (χ0) is 27.3. The van der Waals surface area contributed by atoms with E-state index >= 15 is 0 Å². The lowest BCUT2D eigenvalue weighted by Crippen LogP contribution is -2.48. The Morgan fingerprint density at radius 1 is 0.950 bits per heavy atom. The van der Waals surface area contributed by atoms with Gasteiger partial charge in [-0.1, -0.05) is 0 Å². The van der Waals surface area contributed by atoms with Gasteiger partial charge in [-0.15, -0.1) is 0 Å². The van der Waals surface area contributed by atoms with E-state index in [0.29, 0.717) is 35.6 Å². The molecule has 1 aromatic carbocycles. The van der Waals surface area contributed by atoms with Gasteiger partial charge in [0, 0.05) is 77.7 Å². The van der Waals surface area contributed by atoms with Gasteiger partial charge < -0.3 is 29.4 Å². The van der Waals surface area contributed by atoms with Crippen LogP contribution in [0.4, 0.5) is 17.6 Å². The molecule has 2 N–H and O–H groups in total. The summed E-state index contributed by atoms with van der Waals surface area (Å²) in [5, 5.41) is 4.47. The summed E-state index contributed by atoms with van der Waals surface area (Å²) < 4.78 is 18.4. The molecule has 3 aromatic heterocycles. The lowest BCUT2D eigenvalue weighted by molar-refractivity contribution is 0.0322. The second-order valence-electron chi connectivity index (χ2n) is 10.2. The molecule has 12 nitrogen and oxygen atoms in total. The Balaban J connectivity index is 0.959. The fourth-order valence-corrected chi connectivity index (χ4v) is 5.10. The lowest BCUT2D eigenvalue weighted by atomic mass is 10.2. The minimum Gasteiger partial charge on any atom is -0.492 e. The molecule has 0 spiro atoms. The van der Waals surface area contributed by atoms with Crippen molar-refractivity contribution < 1.29 is 13.9 Å². The van der Waals surface area contributed by atoms with Crippen molar-refractivity contribution in [3.63, 3.8) is 0 Å². The fourth-order valence-electron chi connectivity index (χ4n) is 5.10. The topological polar surface area (TPSA) is 114 Å². The van der Waals surface area contributed by atoms with Crippen molar-refractivity contribution in [2.45, 2.75) is 0 Å².